The summed E-state index contributed by atoms with van der Waals surface area (Å²) < 4.78 is 5.00. The number of aryl methyl sites for hydroxylation is 2. The van der Waals surface area contributed by atoms with E-state index in [0.29, 0.717) is 23.0 Å². The lowest BCUT2D eigenvalue weighted by Crippen LogP contribution is -2.09. The van der Waals surface area contributed by atoms with Crippen LogP contribution in [-0.4, -0.2) is 22.0 Å². The number of aliphatic hydroxyl groups excluding tert-OH is 1. The maximum absolute atomic E-state index is 10.8. The van der Waals surface area contributed by atoms with Gasteiger partial charge in [0.2, 0.25) is 0 Å². The number of hydrogen-bond acceptors (Lipinski definition) is 4. The van der Waals surface area contributed by atoms with E-state index >= 15 is 0 Å². The minimum absolute atomic E-state index is 0.351. The fraction of sp³-hybridized carbons (Fsp3) is 0.200. The quantitative estimate of drug-likeness (QED) is 0.448. The van der Waals surface area contributed by atoms with Crippen molar-refractivity contribution in [3.05, 3.63) is 29.2 Å². The van der Waals surface area contributed by atoms with E-state index in [1.807, 2.05) is 0 Å². The van der Waals surface area contributed by atoms with Gasteiger partial charge < -0.3 is 14.6 Å². The number of carbonyl (C=O) groups is 2. The minimum atomic E-state index is -1.61. The van der Waals surface area contributed by atoms with Crippen molar-refractivity contribution in [2.45, 2.75) is 13.8 Å². The molecule has 1 rings (SSSR count). The van der Waals surface area contributed by atoms with Gasteiger partial charge in [-0.3, -0.25) is 4.79 Å². The van der Waals surface area contributed by atoms with Crippen LogP contribution in [0.4, 0.5) is 0 Å². The molecule has 5 heteroatoms. The Morgan fingerprint density at radius 3 is 2.33 bits per heavy atom. The summed E-state index contributed by atoms with van der Waals surface area (Å²) in [6.45, 7) is 3.29. The highest BCUT2D eigenvalue weighted by Gasteiger charge is 2.15. The predicted octanol–water partition coefficient (Wildman–Crippen LogP) is 1.45. The molecule has 0 radical (unpaired) electrons. The van der Waals surface area contributed by atoms with Crippen molar-refractivity contribution < 1.29 is 24.2 Å². The van der Waals surface area contributed by atoms with Gasteiger partial charge in [-0.25, -0.2) is 4.79 Å². The summed E-state index contributed by atoms with van der Waals surface area (Å²) in [7, 11) is 0. The van der Waals surface area contributed by atoms with Gasteiger partial charge >= 0.3 is 5.97 Å². The van der Waals surface area contributed by atoms with Crippen LogP contribution in [0.2, 0.25) is 0 Å². The van der Waals surface area contributed by atoms with E-state index in [9.17, 15) is 14.7 Å². The van der Waals surface area contributed by atoms with Crippen LogP contribution in [0.25, 0.3) is 5.76 Å². The Balaban J connectivity index is 3.09. The fourth-order valence-electron chi connectivity index (χ4n) is 1.21. The summed E-state index contributed by atoms with van der Waals surface area (Å²) in [6.07, 6.45) is 2.08. The van der Waals surface area contributed by atoms with Crippen LogP contribution in [0.5, 0.6) is 0 Å². The van der Waals surface area contributed by atoms with Gasteiger partial charge in [0.25, 0.3) is 5.78 Å². The molecule has 0 fully saturated rings. The van der Waals surface area contributed by atoms with Gasteiger partial charge in [-0.15, -0.1) is 0 Å². The lowest BCUT2D eigenvalue weighted by atomic mass is 10.1. The normalized spacial score (nSPS) is 11.5. The van der Waals surface area contributed by atoms with Crippen molar-refractivity contribution in [2.24, 2.45) is 0 Å². The first-order valence-corrected chi connectivity index (χ1v) is 4.16. The molecule has 0 spiro atoms. The predicted molar refractivity (Wildman–Crippen MR) is 51.4 cm³/mol. The molecule has 80 valence electrons. The first-order chi connectivity index (χ1) is 6.93. The molecule has 0 aliphatic heterocycles. The molecule has 0 aliphatic rings. The largest absolute Gasteiger partial charge is 0.507 e. The van der Waals surface area contributed by atoms with E-state index in [4.69, 9.17) is 9.52 Å². The van der Waals surface area contributed by atoms with E-state index in [0.717, 1.165) is 0 Å². The molecule has 15 heavy (non-hydrogen) atoms. The second-order valence-corrected chi connectivity index (χ2v) is 3.05. The van der Waals surface area contributed by atoms with Gasteiger partial charge in [0.15, 0.2) is 0 Å². The third-order valence-corrected chi connectivity index (χ3v) is 1.89. The third kappa shape index (κ3) is 2.25. The number of furan rings is 1. The zero-order valence-electron chi connectivity index (χ0n) is 8.27. The Labute approximate surface area is 85.6 Å². The summed E-state index contributed by atoms with van der Waals surface area (Å²) in [4.78, 5) is 21.1. The molecule has 1 aromatic heterocycles. The molecular weight excluding hydrogens is 200 g/mol. The summed E-state index contributed by atoms with van der Waals surface area (Å²) >= 11 is 0. The first kappa shape index (κ1) is 11.0. The molecule has 0 unspecified atom stereocenters. The average molecular weight is 210 g/mol. The molecule has 0 atom stereocenters. The topological polar surface area (TPSA) is 87.7 Å². The van der Waals surface area contributed by atoms with Crippen LogP contribution >= 0.6 is 0 Å². The summed E-state index contributed by atoms with van der Waals surface area (Å²) in [5.74, 6) is -2.75. The zero-order chi connectivity index (χ0) is 11.6. The maximum Gasteiger partial charge on any atom is 0.376 e. The molecule has 5 nitrogen and oxygen atoms in total. The van der Waals surface area contributed by atoms with Crippen LogP contribution < -0.4 is 0 Å². The first-order valence-electron chi connectivity index (χ1n) is 4.16. The lowest BCUT2D eigenvalue weighted by Gasteiger charge is -1.98. The van der Waals surface area contributed by atoms with E-state index in [2.05, 4.69) is 0 Å². The summed E-state index contributed by atoms with van der Waals surface area (Å²) in [5, 5.41) is 17.8. The van der Waals surface area contributed by atoms with Gasteiger partial charge in [0.1, 0.15) is 11.5 Å². The third-order valence-electron chi connectivity index (χ3n) is 1.89. The van der Waals surface area contributed by atoms with Gasteiger partial charge in [-0.05, 0) is 19.4 Å². The number of carboxylic acids is 1. The Morgan fingerprint density at radius 1 is 1.33 bits per heavy atom. The number of hydrogen-bond donors (Lipinski definition) is 2. The van der Waals surface area contributed by atoms with Crippen molar-refractivity contribution in [3.63, 3.8) is 0 Å². The SMILES string of the molecule is Cc1coc(C)c1/C(O)=C/C(=O)C(=O)O. The summed E-state index contributed by atoms with van der Waals surface area (Å²) in [5.41, 5.74) is 0.990. The minimum Gasteiger partial charge on any atom is -0.507 e. The lowest BCUT2D eigenvalue weighted by molar-refractivity contribution is -0.146. The van der Waals surface area contributed by atoms with Crippen molar-refractivity contribution in [1.82, 2.24) is 0 Å². The highest BCUT2D eigenvalue weighted by Crippen LogP contribution is 2.22. The number of carboxylic acid groups (broad SMARTS) is 1. The highest BCUT2D eigenvalue weighted by molar-refractivity contribution is 6.38. The summed E-state index contributed by atoms with van der Waals surface area (Å²) in [6, 6.07) is 0. The van der Waals surface area contributed by atoms with Gasteiger partial charge in [0, 0.05) is 6.08 Å². The number of carbonyl (C=O) groups excluding carboxylic acids is 1. The van der Waals surface area contributed by atoms with Crippen LogP contribution in [0.3, 0.4) is 0 Å². The molecular formula is C10H10O5. The Bertz CT molecular complexity index is 419. The van der Waals surface area contributed by atoms with Crippen molar-refractivity contribution in [2.75, 3.05) is 0 Å². The van der Waals surface area contributed by atoms with Gasteiger partial charge in [0.05, 0.1) is 11.8 Å². The second kappa shape index (κ2) is 4.00. The fourth-order valence-corrected chi connectivity index (χ4v) is 1.21. The Morgan fingerprint density at radius 2 is 1.93 bits per heavy atom. The van der Waals surface area contributed by atoms with Crippen LogP contribution in [0.15, 0.2) is 16.8 Å². The molecule has 0 saturated carbocycles. The van der Waals surface area contributed by atoms with E-state index in [-0.39, 0.29) is 0 Å². The van der Waals surface area contributed by atoms with E-state index < -0.39 is 17.5 Å². The molecule has 0 aliphatic carbocycles. The molecule has 1 aromatic rings. The second-order valence-electron chi connectivity index (χ2n) is 3.05. The molecule has 0 bridgehead atoms. The smallest absolute Gasteiger partial charge is 0.376 e. The van der Waals surface area contributed by atoms with Gasteiger partial charge in [-0.2, -0.15) is 0 Å². The molecule has 0 amide bonds. The highest BCUT2D eigenvalue weighted by atomic mass is 16.4. The van der Waals surface area contributed by atoms with E-state index in [1.54, 1.807) is 13.8 Å². The van der Waals surface area contributed by atoms with E-state index in [1.165, 1.54) is 6.26 Å². The number of aliphatic carboxylic acids is 1. The number of rotatable bonds is 3. The van der Waals surface area contributed by atoms with Crippen LogP contribution in [-0.2, 0) is 9.59 Å². The van der Waals surface area contributed by atoms with Crippen LogP contribution in [0, 0.1) is 13.8 Å². The Kier molecular flexibility index (Phi) is 2.94. The number of ketones is 1. The Hall–Kier alpha value is -2.04. The molecule has 1 heterocycles. The monoisotopic (exact) mass is 210 g/mol. The van der Waals surface area contributed by atoms with Crippen molar-refractivity contribution >= 4 is 17.5 Å². The zero-order valence-corrected chi connectivity index (χ0v) is 8.27. The average Bonchev–Trinajstić information content (AvgIpc) is 2.45. The number of aliphatic hydroxyl groups is 1. The van der Waals surface area contributed by atoms with Gasteiger partial charge in [-0.1, -0.05) is 0 Å². The molecule has 0 aromatic carbocycles. The van der Waals surface area contributed by atoms with Crippen molar-refractivity contribution in [3.8, 4) is 0 Å². The standard InChI is InChI=1S/C10H10O5/c1-5-4-15-6(2)9(5)7(11)3-8(12)10(13)14/h3-4,11H,1-2H3,(H,13,14)/b7-3-. The van der Waals surface area contributed by atoms with Crippen LogP contribution in [0.1, 0.15) is 16.9 Å². The molecule has 2 N–H and O–H groups in total. The molecule has 0 saturated heterocycles. The van der Waals surface area contributed by atoms with Crippen molar-refractivity contribution in [1.29, 1.82) is 0 Å². The maximum atomic E-state index is 10.8.